The van der Waals surface area contributed by atoms with Crippen LogP contribution in [0.15, 0.2) is 0 Å². The van der Waals surface area contributed by atoms with E-state index in [-0.39, 0.29) is 5.91 Å². The third-order valence-electron chi connectivity index (χ3n) is 2.95. The summed E-state index contributed by atoms with van der Waals surface area (Å²) in [7, 11) is 3.96. The Balaban J connectivity index is 3.65. The second-order valence-corrected chi connectivity index (χ2v) is 5.00. The molecule has 0 rings (SSSR count). The van der Waals surface area contributed by atoms with Gasteiger partial charge in [0.2, 0.25) is 5.91 Å². The number of amides is 1. The summed E-state index contributed by atoms with van der Waals surface area (Å²) in [6.07, 6.45) is 2.96. The summed E-state index contributed by atoms with van der Waals surface area (Å²) in [5, 5.41) is 0. The Kier molecular flexibility index (Phi) is 8.26. The van der Waals surface area contributed by atoms with Gasteiger partial charge in [0.15, 0.2) is 0 Å². The van der Waals surface area contributed by atoms with Crippen molar-refractivity contribution >= 4 is 5.91 Å². The molecule has 0 aromatic rings. The van der Waals surface area contributed by atoms with E-state index in [0.29, 0.717) is 6.42 Å². The average molecular weight is 228 g/mol. The Bertz CT molecular complexity index is 192. The molecule has 0 atom stereocenters. The van der Waals surface area contributed by atoms with Crippen LogP contribution in [0.5, 0.6) is 0 Å². The molecule has 0 heterocycles. The van der Waals surface area contributed by atoms with Gasteiger partial charge in [-0.25, -0.2) is 0 Å². The molecule has 0 saturated heterocycles. The zero-order chi connectivity index (χ0) is 12.6. The summed E-state index contributed by atoms with van der Waals surface area (Å²) in [5.74, 6) is 0.999. The first-order valence-electron chi connectivity index (χ1n) is 6.39. The molecule has 0 aromatic heterocycles. The van der Waals surface area contributed by atoms with Crippen LogP contribution in [0.1, 0.15) is 40.0 Å². The molecule has 0 aliphatic rings. The fraction of sp³-hybridized carbons (Fsp3) is 0.923. The van der Waals surface area contributed by atoms with Gasteiger partial charge in [-0.05, 0) is 32.4 Å². The zero-order valence-electron chi connectivity index (χ0n) is 11.6. The summed E-state index contributed by atoms with van der Waals surface area (Å²) >= 11 is 0. The van der Waals surface area contributed by atoms with E-state index in [4.69, 9.17) is 0 Å². The first-order valence-corrected chi connectivity index (χ1v) is 6.39. The molecule has 0 spiro atoms. The smallest absolute Gasteiger partial charge is 0.223 e. The van der Waals surface area contributed by atoms with Gasteiger partial charge < -0.3 is 9.80 Å². The molecular formula is C13H28N2O. The number of hydrogen-bond acceptors (Lipinski definition) is 2. The predicted molar refractivity (Wildman–Crippen MR) is 69.5 cm³/mol. The van der Waals surface area contributed by atoms with E-state index >= 15 is 0 Å². The van der Waals surface area contributed by atoms with Crippen LogP contribution in [-0.4, -0.2) is 49.4 Å². The molecule has 96 valence electrons. The second kappa shape index (κ2) is 8.57. The van der Waals surface area contributed by atoms with Crippen LogP contribution in [-0.2, 0) is 4.79 Å². The van der Waals surface area contributed by atoms with Crippen molar-refractivity contribution in [2.75, 3.05) is 33.7 Å². The SMILES string of the molecule is CCN(C)CCC(=O)N(C)CCCC(C)C. The summed E-state index contributed by atoms with van der Waals surface area (Å²) in [5.41, 5.74) is 0. The predicted octanol–water partition coefficient (Wildman–Crippen LogP) is 2.22. The molecule has 3 nitrogen and oxygen atoms in total. The standard InChI is InChI=1S/C13H28N2O/c1-6-14(4)11-9-13(16)15(5)10-7-8-12(2)3/h12H,6-11H2,1-5H3. The lowest BCUT2D eigenvalue weighted by molar-refractivity contribution is -0.130. The first kappa shape index (κ1) is 15.4. The molecule has 0 aliphatic carbocycles. The van der Waals surface area contributed by atoms with E-state index in [0.717, 1.165) is 32.0 Å². The van der Waals surface area contributed by atoms with Gasteiger partial charge in [-0.3, -0.25) is 4.79 Å². The summed E-state index contributed by atoms with van der Waals surface area (Å²) in [4.78, 5) is 15.8. The highest BCUT2D eigenvalue weighted by molar-refractivity contribution is 5.76. The molecule has 16 heavy (non-hydrogen) atoms. The van der Waals surface area contributed by atoms with Gasteiger partial charge in [0.05, 0.1) is 0 Å². The lowest BCUT2D eigenvalue weighted by Crippen LogP contribution is -2.31. The van der Waals surface area contributed by atoms with E-state index in [1.165, 1.54) is 6.42 Å². The van der Waals surface area contributed by atoms with Crippen LogP contribution in [0, 0.1) is 5.92 Å². The van der Waals surface area contributed by atoms with Gasteiger partial charge >= 0.3 is 0 Å². The van der Waals surface area contributed by atoms with Crippen LogP contribution in [0.3, 0.4) is 0 Å². The Morgan fingerprint density at radius 3 is 2.31 bits per heavy atom. The first-order chi connectivity index (χ1) is 7.47. The van der Waals surface area contributed by atoms with Crippen LogP contribution in [0.25, 0.3) is 0 Å². The molecule has 3 heteroatoms. The molecule has 0 bridgehead atoms. The van der Waals surface area contributed by atoms with Crippen molar-refractivity contribution in [1.29, 1.82) is 0 Å². The second-order valence-electron chi connectivity index (χ2n) is 5.00. The minimum absolute atomic E-state index is 0.268. The van der Waals surface area contributed by atoms with Gasteiger partial charge in [-0.2, -0.15) is 0 Å². The zero-order valence-corrected chi connectivity index (χ0v) is 11.6. The highest BCUT2D eigenvalue weighted by atomic mass is 16.2. The van der Waals surface area contributed by atoms with Crippen molar-refractivity contribution in [2.45, 2.75) is 40.0 Å². The van der Waals surface area contributed by atoms with Crippen LogP contribution in [0.2, 0.25) is 0 Å². The highest BCUT2D eigenvalue weighted by Gasteiger charge is 2.09. The van der Waals surface area contributed by atoms with Crippen molar-refractivity contribution < 1.29 is 4.79 Å². The Morgan fingerprint density at radius 1 is 1.19 bits per heavy atom. The molecule has 0 radical (unpaired) electrons. The maximum absolute atomic E-state index is 11.7. The number of hydrogen-bond donors (Lipinski definition) is 0. The van der Waals surface area contributed by atoms with E-state index in [1.54, 1.807) is 0 Å². The maximum atomic E-state index is 11.7. The fourth-order valence-electron chi connectivity index (χ4n) is 1.50. The van der Waals surface area contributed by atoms with Crippen molar-refractivity contribution in [3.63, 3.8) is 0 Å². The van der Waals surface area contributed by atoms with Gasteiger partial charge in [0.25, 0.3) is 0 Å². The molecule has 0 N–H and O–H groups in total. The van der Waals surface area contributed by atoms with Crippen molar-refractivity contribution in [3.8, 4) is 0 Å². The fourth-order valence-corrected chi connectivity index (χ4v) is 1.50. The van der Waals surface area contributed by atoms with E-state index < -0.39 is 0 Å². The number of nitrogens with zero attached hydrogens (tertiary/aromatic N) is 2. The van der Waals surface area contributed by atoms with Gasteiger partial charge in [0.1, 0.15) is 0 Å². The average Bonchev–Trinajstić information content (AvgIpc) is 2.24. The topological polar surface area (TPSA) is 23.6 Å². The van der Waals surface area contributed by atoms with Crippen LogP contribution >= 0.6 is 0 Å². The van der Waals surface area contributed by atoms with E-state index in [9.17, 15) is 4.79 Å². The monoisotopic (exact) mass is 228 g/mol. The van der Waals surface area contributed by atoms with Crippen LogP contribution in [0.4, 0.5) is 0 Å². The van der Waals surface area contributed by atoms with Gasteiger partial charge in [-0.1, -0.05) is 20.8 Å². The number of carbonyl (C=O) groups excluding carboxylic acids is 1. The summed E-state index contributed by atoms with van der Waals surface area (Å²) < 4.78 is 0. The lowest BCUT2D eigenvalue weighted by Gasteiger charge is -2.19. The van der Waals surface area contributed by atoms with Crippen molar-refractivity contribution in [1.82, 2.24) is 9.80 Å². The van der Waals surface area contributed by atoms with E-state index in [1.807, 2.05) is 19.0 Å². The highest BCUT2D eigenvalue weighted by Crippen LogP contribution is 2.04. The quantitative estimate of drug-likeness (QED) is 0.636. The van der Waals surface area contributed by atoms with Crippen molar-refractivity contribution in [2.24, 2.45) is 5.92 Å². The molecule has 0 saturated carbocycles. The largest absolute Gasteiger partial charge is 0.346 e. The normalized spacial score (nSPS) is 11.2. The molecule has 0 fully saturated rings. The van der Waals surface area contributed by atoms with Gasteiger partial charge in [0, 0.05) is 26.6 Å². The Morgan fingerprint density at radius 2 is 1.81 bits per heavy atom. The summed E-state index contributed by atoms with van der Waals surface area (Å²) in [6, 6.07) is 0. The molecule has 0 unspecified atom stereocenters. The Hall–Kier alpha value is -0.570. The summed E-state index contributed by atoms with van der Waals surface area (Å²) in [6.45, 7) is 9.31. The van der Waals surface area contributed by atoms with E-state index in [2.05, 4.69) is 25.7 Å². The molecule has 0 aromatic carbocycles. The minimum Gasteiger partial charge on any atom is -0.346 e. The minimum atomic E-state index is 0.268. The molecular weight excluding hydrogens is 200 g/mol. The molecule has 1 amide bonds. The Labute approximate surface area is 101 Å². The maximum Gasteiger partial charge on any atom is 0.223 e. The molecule has 0 aliphatic heterocycles. The van der Waals surface area contributed by atoms with Crippen molar-refractivity contribution in [3.05, 3.63) is 0 Å². The van der Waals surface area contributed by atoms with Crippen LogP contribution < -0.4 is 0 Å². The van der Waals surface area contributed by atoms with Gasteiger partial charge in [-0.15, -0.1) is 0 Å². The number of rotatable bonds is 8. The number of carbonyl (C=O) groups is 1. The third-order valence-corrected chi connectivity index (χ3v) is 2.95. The lowest BCUT2D eigenvalue weighted by atomic mass is 10.1. The third kappa shape index (κ3) is 7.69.